The second-order valence-corrected chi connectivity index (χ2v) is 7.20. The Labute approximate surface area is 185 Å². The van der Waals surface area contributed by atoms with Gasteiger partial charge in [0.25, 0.3) is 0 Å². The van der Waals surface area contributed by atoms with Crippen LogP contribution in [0, 0.1) is 11.6 Å². The Morgan fingerprint density at radius 2 is 1.55 bits per heavy atom. The van der Waals surface area contributed by atoms with Gasteiger partial charge in [0.15, 0.2) is 0 Å². The molecule has 0 aliphatic heterocycles. The minimum absolute atomic E-state index is 0.0729. The third-order valence-electron chi connectivity index (χ3n) is 4.86. The molecule has 4 nitrogen and oxygen atoms in total. The second-order valence-electron chi connectivity index (χ2n) is 7.20. The summed E-state index contributed by atoms with van der Waals surface area (Å²) in [7, 11) is 0. The van der Waals surface area contributed by atoms with Gasteiger partial charge in [-0.1, -0.05) is 42.5 Å². The molecule has 10 heteroatoms. The monoisotopic (exact) mass is 468 g/mol. The first-order valence-electron chi connectivity index (χ1n) is 9.55. The number of carbonyl (C=O) groups is 1. The van der Waals surface area contributed by atoms with E-state index in [0.29, 0.717) is 11.6 Å². The molecule has 3 N–H and O–H groups in total. The van der Waals surface area contributed by atoms with Crippen molar-refractivity contribution in [2.24, 2.45) is 5.73 Å². The summed E-state index contributed by atoms with van der Waals surface area (Å²) in [5.74, 6) is -2.61. The average Bonchev–Trinajstić information content (AvgIpc) is 2.73. The van der Waals surface area contributed by atoms with Crippen LogP contribution in [-0.4, -0.2) is 18.6 Å². The highest BCUT2D eigenvalue weighted by atomic mass is 19.3. The van der Waals surface area contributed by atoms with Gasteiger partial charge in [-0.15, -0.1) is 0 Å². The summed E-state index contributed by atoms with van der Waals surface area (Å²) >= 11 is 0. The normalized spacial score (nSPS) is 13.4. The SMILES string of the molecule is NC(=O)N[C@](Cc1ccccc1)(c1ccc(F)cc1)c1cc(F)cc(OC(F)(F)C(F)F)c1. The third kappa shape index (κ3) is 5.57. The molecule has 174 valence electrons. The number of rotatable bonds is 8. The summed E-state index contributed by atoms with van der Waals surface area (Å²) in [6, 6.07) is 14.5. The van der Waals surface area contributed by atoms with Crippen LogP contribution in [0.15, 0.2) is 72.8 Å². The van der Waals surface area contributed by atoms with Crippen molar-refractivity contribution in [1.82, 2.24) is 5.32 Å². The number of hydrogen-bond donors (Lipinski definition) is 2. The zero-order valence-electron chi connectivity index (χ0n) is 16.9. The Morgan fingerprint density at radius 3 is 2.12 bits per heavy atom. The molecule has 3 aromatic rings. The molecule has 0 aliphatic carbocycles. The van der Waals surface area contributed by atoms with Crippen LogP contribution >= 0.6 is 0 Å². The quantitative estimate of drug-likeness (QED) is 0.438. The molecule has 0 saturated carbocycles. The van der Waals surface area contributed by atoms with Crippen molar-refractivity contribution in [3.63, 3.8) is 0 Å². The van der Waals surface area contributed by atoms with E-state index in [-0.39, 0.29) is 17.5 Å². The zero-order valence-corrected chi connectivity index (χ0v) is 16.9. The van der Waals surface area contributed by atoms with Crippen molar-refractivity contribution in [3.8, 4) is 5.75 Å². The molecule has 0 spiro atoms. The van der Waals surface area contributed by atoms with Crippen molar-refractivity contribution in [3.05, 3.63) is 101 Å². The van der Waals surface area contributed by atoms with Crippen LogP contribution in [-0.2, 0) is 12.0 Å². The Bertz CT molecular complexity index is 1110. The predicted octanol–water partition coefficient (Wildman–Crippen LogP) is 5.36. The minimum Gasteiger partial charge on any atom is -0.428 e. The number of carbonyl (C=O) groups excluding carboxylic acids is 1. The molecule has 33 heavy (non-hydrogen) atoms. The van der Waals surface area contributed by atoms with Crippen molar-refractivity contribution < 1.29 is 35.9 Å². The Balaban J connectivity index is 2.23. The molecule has 3 aromatic carbocycles. The number of halogens is 6. The molecule has 0 fully saturated rings. The Morgan fingerprint density at radius 1 is 0.909 bits per heavy atom. The van der Waals surface area contributed by atoms with E-state index >= 15 is 0 Å². The average molecular weight is 468 g/mol. The summed E-state index contributed by atoms with van der Waals surface area (Å²) in [6.07, 6.45) is -9.13. The lowest BCUT2D eigenvalue weighted by molar-refractivity contribution is -0.253. The molecule has 0 saturated heterocycles. The van der Waals surface area contributed by atoms with Gasteiger partial charge in [0, 0.05) is 12.5 Å². The molecule has 0 unspecified atom stereocenters. The minimum atomic E-state index is -4.89. The van der Waals surface area contributed by atoms with Gasteiger partial charge in [-0.05, 0) is 41.0 Å². The van der Waals surface area contributed by atoms with E-state index in [1.165, 1.54) is 12.1 Å². The number of nitrogens with one attached hydrogen (secondary N) is 1. The maximum atomic E-state index is 14.5. The molecule has 3 rings (SSSR count). The lowest BCUT2D eigenvalue weighted by atomic mass is 9.77. The fraction of sp³-hybridized carbons (Fsp3) is 0.174. The van der Waals surface area contributed by atoms with E-state index in [1.807, 2.05) is 0 Å². The zero-order chi connectivity index (χ0) is 24.2. The van der Waals surface area contributed by atoms with Gasteiger partial charge < -0.3 is 15.8 Å². The molecular weight excluding hydrogens is 450 g/mol. The van der Waals surface area contributed by atoms with Crippen LogP contribution in [0.4, 0.5) is 31.1 Å². The molecule has 0 bridgehead atoms. The first-order chi connectivity index (χ1) is 15.5. The van der Waals surface area contributed by atoms with Crippen molar-refractivity contribution in [2.45, 2.75) is 24.5 Å². The van der Waals surface area contributed by atoms with E-state index in [9.17, 15) is 31.1 Å². The number of benzene rings is 3. The van der Waals surface area contributed by atoms with E-state index in [4.69, 9.17) is 5.73 Å². The van der Waals surface area contributed by atoms with Crippen LogP contribution in [0.25, 0.3) is 0 Å². The number of hydrogen-bond acceptors (Lipinski definition) is 2. The van der Waals surface area contributed by atoms with Crippen LogP contribution in [0.1, 0.15) is 16.7 Å². The van der Waals surface area contributed by atoms with Gasteiger partial charge in [0.05, 0.1) is 5.54 Å². The number of nitrogens with two attached hydrogens (primary N) is 1. The topological polar surface area (TPSA) is 64.4 Å². The summed E-state index contributed by atoms with van der Waals surface area (Å²) in [5.41, 5.74) is 4.39. The van der Waals surface area contributed by atoms with E-state index in [0.717, 1.165) is 24.3 Å². The number of amides is 2. The number of urea groups is 1. The van der Waals surface area contributed by atoms with Gasteiger partial charge in [-0.3, -0.25) is 0 Å². The van der Waals surface area contributed by atoms with Crippen molar-refractivity contribution >= 4 is 6.03 Å². The molecular formula is C23H18F6N2O2. The van der Waals surface area contributed by atoms with Gasteiger partial charge in [-0.2, -0.15) is 17.6 Å². The second kappa shape index (κ2) is 9.43. The summed E-state index contributed by atoms with van der Waals surface area (Å²) < 4.78 is 84.4. The smallest absolute Gasteiger partial charge is 0.428 e. The molecule has 0 aromatic heterocycles. The first kappa shape index (κ1) is 24.0. The molecule has 2 amide bonds. The van der Waals surface area contributed by atoms with Gasteiger partial charge in [0.2, 0.25) is 0 Å². The summed E-state index contributed by atoms with van der Waals surface area (Å²) in [5, 5.41) is 2.49. The molecule has 0 heterocycles. The maximum absolute atomic E-state index is 14.5. The highest BCUT2D eigenvalue weighted by molar-refractivity contribution is 5.74. The number of alkyl halides is 4. The van der Waals surface area contributed by atoms with Crippen LogP contribution in [0.5, 0.6) is 5.75 Å². The molecule has 1 atom stereocenters. The van der Waals surface area contributed by atoms with Gasteiger partial charge >= 0.3 is 18.6 Å². The van der Waals surface area contributed by atoms with Crippen LogP contribution < -0.4 is 15.8 Å². The lowest BCUT2D eigenvalue weighted by Gasteiger charge is -2.36. The Kier molecular flexibility index (Phi) is 6.85. The van der Waals surface area contributed by atoms with Crippen LogP contribution in [0.3, 0.4) is 0 Å². The summed E-state index contributed by atoms with van der Waals surface area (Å²) in [6.45, 7) is 0. The predicted molar refractivity (Wildman–Crippen MR) is 108 cm³/mol. The lowest BCUT2D eigenvalue weighted by Crippen LogP contribution is -2.50. The van der Waals surface area contributed by atoms with Gasteiger partial charge in [0.1, 0.15) is 17.4 Å². The first-order valence-corrected chi connectivity index (χ1v) is 9.55. The molecule has 0 radical (unpaired) electrons. The van der Waals surface area contributed by atoms with E-state index in [2.05, 4.69) is 10.1 Å². The van der Waals surface area contributed by atoms with E-state index < -0.39 is 41.5 Å². The van der Waals surface area contributed by atoms with Crippen LogP contribution in [0.2, 0.25) is 0 Å². The highest BCUT2D eigenvalue weighted by Crippen LogP contribution is 2.37. The third-order valence-corrected chi connectivity index (χ3v) is 4.86. The number of ether oxygens (including phenoxy) is 1. The fourth-order valence-corrected chi connectivity index (χ4v) is 3.48. The highest BCUT2D eigenvalue weighted by Gasteiger charge is 2.44. The maximum Gasteiger partial charge on any atom is 0.461 e. The Hall–Kier alpha value is -3.69. The van der Waals surface area contributed by atoms with Gasteiger partial charge in [-0.25, -0.2) is 13.6 Å². The van der Waals surface area contributed by atoms with Crippen molar-refractivity contribution in [2.75, 3.05) is 0 Å². The van der Waals surface area contributed by atoms with Crippen molar-refractivity contribution in [1.29, 1.82) is 0 Å². The molecule has 0 aliphatic rings. The fourth-order valence-electron chi connectivity index (χ4n) is 3.48. The standard InChI is InChI=1S/C23H18F6N2O2/c24-17-8-6-15(7-9-17)22(31-21(30)32,13-14-4-2-1-3-5-14)16-10-18(25)12-19(11-16)33-23(28,29)20(26)27/h1-12,20H,13H2,(H3,30,31,32)/t22-/m1/s1. The largest absolute Gasteiger partial charge is 0.461 e. The summed E-state index contributed by atoms with van der Waals surface area (Å²) in [4.78, 5) is 12.0. The van der Waals surface area contributed by atoms with E-state index in [1.54, 1.807) is 30.3 Å². The number of primary amides is 1.